The molecule has 0 atom stereocenters. The maximum absolute atomic E-state index is 5.75. The quantitative estimate of drug-likeness (QED) is 0.752. The summed E-state index contributed by atoms with van der Waals surface area (Å²) in [6.45, 7) is 10.1. The minimum atomic E-state index is 0.174. The molecule has 0 amide bonds. The van der Waals surface area contributed by atoms with Crippen molar-refractivity contribution >= 4 is 0 Å². The molecule has 0 unspecified atom stereocenters. The summed E-state index contributed by atoms with van der Waals surface area (Å²) < 4.78 is 11.4. The Bertz CT molecular complexity index is 330. The number of hydrogen-bond acceptors (Lipinski definition) is 2. The first-order valence-electron chi connectivity index (χ1n) is 5.79. The van der Waals surface area contributed by atoms with E-state index < -0.39 is 0 Å². The summed E-state index contributed by atoms with van der Waals surface area (Å²) in [6, 6.07) is 5.95. The van der Waals surface area contributed by atoms with E-state index in [2.05, 4.69) is 0 Å². The van der Waals surface area contributed by atoms with Gasteiger partial charge in [-0.25, -0.2) is 0 Å². The van der Waals surface area contributed by atoms with Gasteiger partial charge >= 0.3 is 0 Å². The van der Waals surface area contributed by atoms with E-state index in [1.807, 2.05) is 59.2 Å². The Balaban J connectivity index is 2.91. The third-order valence-electron chi connectivity index (χ3n) is 2.03. The Morgan fingerprint density at radius 2 is 1.62 bits per heavy atom. The van der Waals surface area contributed by atoms with E-state index in [0.717, 1.165) is 17.1 Å². The van der Waals surface area contributed by atoms with Crippen molar-refractivity contribution in [2.75, 3.05) is 0 Å². The number of hydrogen-bond donors (Lipinski definition) is 0. The van der Waals surface area contributed by atoms with E-state index in [1.165, 1.54) is 0 Å². The summed E-state index contributed by atoms with van der Waals surface area (Å²) in [5.41, 5.74) is 1.10. The van der Waals surface area contributed by atoms with Crippen LogP contribution in [0.4, 0.5) is 0 Å². The van der Waals surface area contributed by atoms with Crippen molar-refractivity contribution in [1.82, 2.24) is 0 Å². The highest BCUT2D eigenvalue weighted by atomic mass is 16.5. The van der Waals surface area contributed by atoms with E-state index in [1.54, 1.807) is 0 Å². The van der Waals surface area contributed by atoms with Gasteiger partial charge in [-0.3, -0.25) is 0 Å². The summed E-state index contributed by atoms with van der Waals surface area (Å²) in [4.78, 5) is 0. The minimum Gasteiger partial charge on any atom is -0.491 e. The van der Waals surface area contributed by atoms with Crippen LogP contribution in [0.2, 0.25) is 0 Å². The zero-order valence-corrected chi connectivity index (χ0v) is 10.8. The topological polar surface area (TPSA) is 18.5 Å². The van der Waals surface area contributed by atoms with Crippen molar-refractivity contribution in [3.05, 3.63) is 30.2 Å². The summed E-state index contributed by atoms with van der Waals surface area (Å²) >= 11 is 0. The highest BCUT2D eigenvalue weighted by Gasteiger charge is 2.07. The van der Waals surface area contributed by atoms with Crippen LogP contribution in [0.25, 0.3) is 0 Å². The van der Waals surface area contributed by atoms with Crippen molar-refractivity contribution in [2.45, 2.75) is 46.8 Å². The molecule has 2 nitrogen and oxygen atoms in total. The lowest BCUT2D eigenvalue weighted by atomic mass is 10.1. The first kappa shape index (κ1) is 12.9. The Morgan fingerprint density at radius 1 is 1.00 bits per heavy atom. The largest absolute Gasteiger partial charge is 0.491 e. The van der Waals surface area contributed by atoms with Crippen LogP contribution in [0.3, 0.4) is 0 Å². The Morgan fingerprint density at radius 3 is 2.12 bits per heavy atom. The van der Waals surface area contributed by atoms with Crippen molar-refractivity contribution < 1.29 is 9.47 Å². The molecule has 1 rings (SSSR count). The van der Waals surface area contributed by atoms with E-state index in [-0.39, 0.29) is 12.2 Å². The molecule has 0 saturated carbocycles. The predicted octanol–water partition coefficient (Wildman–Crippen LogP) is 3.83. The monoisotopic (exact) mass is 221 g/mol. The third kappa shape index (κ3) is 3.76. The van der Waals surface area contributed by atoms with Gasteiger partial charge < -0.3 is 9.47 Å². The van der Waals surface area contributed by atoms with Gasteiger partial charge in [0, 0.05) is 6.07 Å². The lowest BCUT2D eigenvalue weighted by Crippen LogP contribution is -2.09. The van der Waals surface area contributed by atoms with Gasteiger partial charge in [0.1, 0.15) is 11.5 Å². The summed E-state index contributed by atoms with van der Waals surface area (Å²) in [5, 5.41) is 0. The molecule has 0 saturated heterocycles. The second-order valence-electron chi connectivity index (χ2n) is 4.32. The van der Waals surface area contributed by atoms with Gasteiger partial charge in [-0.05, 0) is 45.7 Å². The Labute approximate surface area is 98.6 Å². The first-order valence-corrected chi connectivity index (χ1v) is 5.79. The van der Waals surface area contributed by atoms with Gasteiger partial charge in [-0.1, -0.05) is 13.0 Å². The normalized spacial score (nSPS) is 10.9. The van der Waals surface area contributed by atoms with Crippen molar-refractivity contribution in [2.24, 2.45) is 0 Å². The Hall–Kier alpha value is -1.18. The minimum absolute atomic E-state index is 0.174. The van der Waals surface area contributed by atoms with Gasteiger partial charge in [0.25, 0.3) is 0 Å². The van der Waals surface area contributed by atoms with Crippen LogP contribution in [0.15, 0.2) is 18.2 Å². The maximum atomic E-state index is 5.75. The standard InChI is InChI=1S/C14H21O2/c1-6-12-7-8-13(15-10(2)3)9-14(12)16-11(4)5/h6-11H,1-5H3. The van der Waals surface area contributed by atoms with Crippen LogP contribution < -0.4 is 9.47 Å². The highest BCUT2D eigenvalue weighted by Crippen LogP contribution is 2.27. The molecule has 0 aliphatic rings. The van der Waals surface area contributed by atoms with Gasteiger partial charge in [0.15, 0.2) is 0 Å². The summed E-state index contributed by atoms with van der Waals surface area (Å²) in [6.07, 6.45) is 2.40. The molecule has 1 aromatic carbocycles. The smallest absolute Gasteiger partial charge is 0.126 e. The van der Waals surface area contributed by atoms with Gasteiger partial charge in [-0.15, -0.1) is 0 Å². The highest BCUT2D eigenvalue weighted by molar-refractivity contribution is 5.44. The number of rotatable bonds is 5. The van der Waals surface area contributed by atoms with E-state index >= 15 is 0 Å². The van der Waals surface area contributed by atoms with Crippen LogP contribution in [-0.4, -0.2) is 12.2 Å². The molecule has 89 valence electrons. The lowest BCUT2D eigenvalue weighted by molar-refractivity contribution is 0.228. The van der Waals surface area contributed by atoms with Crippen LogP contribution in [-0.2, 0) is 0 Å². The summed E-state index contributed by atoms with van der Waals surface area (Å²) in [7, 11) is 0. The molecule has 0 fully saturated rings. The zero-order chi connectivity index (χ0) is 12.1. The van der Waals surface area contributed by atoms with Crippen LogP contribution in [0.5, 0.6) is 11.5 Å². The fourth-order valence-electron chi connectivity index (χ4n) is 1.45. The second-order valence-corrected chi connectivity index (χ2v) is 4.32. The van der Waals surface area contributed by atoms with Gasteiger partial charge in [0.05, 0.1) is 12.2 Å². The Kier molecular flexibility index (Phi) is 4.66. The van der Waals surface area contributed by atoms with E-state index in [9.17, 15) is 0 Å². The molecule has 1 aromatic rings. The van der Waals surface area contributed by atoms with Crippen LogP contribution >= 0.6 is 0 Å². The average molecular weight is 221 g/mol. The molecule has 0 aliphatic carbocycles. The molecule has 0 N–H and O–H groups in total. The van der Waals surface area contributed by atoms with Crippen LogP contribution in [0, 0.1) is 6.42 Å². The van der Waals surface area contributed by atoms with E-state index in [4.69, 9.17) is 9.47 Å². The predicted molar refractivity (Wildman–Crippen MR) is 67.0 cm³/mol. The van der Waals surface area contributed by atoms with Gasteiger partial charge in [0.2, 0.25) is 0 Å². The summed E-state index contributed by atoms with van der Waals surface area (Å²) in [5.74, 6) is 1.74. The fourth-order valence-corrected chi connectivity index (χ4v) is 1.45. The molecule has 0 spiro atoms. The zero-order valence-electron chi connectivity index (χ0n) is 10.8. The molecule has 0 aromatic heterocycles. The SMILES string of the molecule is C[CH]c1ccc(OC(C)C)cc1OC(C)C. The maximum Gasteiger partial charge on any atom is 0.126 e. The molecule has 1 radical (unpaired) electrons. The van der Waals surface area contributed by atoms with Crippen molar-refractivity contribution in [1.29, 1.82) is 0 Å². The van der Waals surface area contributed by atoms with Gasteiger partial charge in [-0.2, -0.15) is 0 Å². The molecule has 0 aliphatic heterocycles. The number of benzene rings is 1. The molecular weight excluding hydrogens is 200 g/mol. The molecule has 0 bridgehead atoms. The third-order valence-corrected chi connectivity index (χ3v) is 2.03. The van der Waals surface area contributed by atoms with E-state index in [0.29, 0.717) is 0 Å². The second kappa shape index (κ2) is 5.78. The first-order chi connectivity index (χ1) is 7.52. The van der Waals surface area contributed by atoms with Crippen molar-refractivity contribution in [3.63, 3.8) is 0 Å². The molecule has 16 heavy (non-hydrogen) atoms. The number of ether oxygens (including phenoxy) is 2. The molecule has 0 heterocycles. The molecular formula is C14H21O2. The molecule has 2 heteroatoms. The van der Waals surface area contributed by atoms with Crippen molar-refractivity contribution in [3.8, 4) is 11.5 Å². The average Bonchev–Trinajstić information content (AvgIpc) is 2.16. The van der Waals surface area contributed by atoms with Crippen LogP contribution in [0.1, 0.15) is 40.2 Å². The lowest BCUT2D eigenvalue weighted by Gasteiger charge is -2.16. The fraction of sp³-hybridized carbons (Fsp3) is 0.500.